The average molecular weight is 632 g/mol. The Balaban J connectivity index is 1.71. The number of rotatable bonds is 10. The Kier molecular flexibility index (Phi) is 10.6. The van der Waals surface area contributed by atoms with Gasteiger partial charge in [-0.15, -0.1) is 0 Å². The second-order valence-electron chi connectivity index (χ2n) is 12.4. The molecule has 2 fully saturated rings. The first-order valence-corrected chi connectivity index (χ1v) is 19.0. The van der Waals surface area contributed by atoms with Gasteiger partial charge in [-0.25, -0.2) is 4.79 Å². The molecule has 0 unspecified atom stereocenters. The molecule has 3 heterocycles. The zero-order valence-electron chi connectivity index (χ0n) is 26.3. The van der Waals surface area contributed by atoms with Gasteiger partial charge in [0.1, 0.15) is 37.0 Å². The van der Waals surface area contributed by atoms with Crippen LogP contribution in [0.5, 0.6) is 0 Å². The number of carbonyl (C=O) groups excluding carboxylic acids is 2. The number of benzene rings is 1. The molecule has 4 atom stereocenters. The molecule has 0 saturated carbocycles. The van der Waals surface area contributed by atoms with Gasteiger partial charge < -0.3 is 32.6 Å². The molecular formula is C30H45N3O8Si2. The fraction of sp³-hybridized carbons (Fsp3) is 0.600. The van der Waals surface area contributed by atoms with E-state index in [4.69, 9.17) is 22.4 Å². The highest BCUT2D eigenvalue weighted by molar-refractivity contribution is 6.84. The molecule has 43 heavy (non-hydrogen) atoms. The number of hydrogen-bond donors (Lipinski definition) is 1. The van der Waals surface area contributed by atoms with Crippen molar-refractivity contribution in [2.24, 2.45) is 0 Å². The van der Waals surface area contributed by atoms with Crippen molar-refractivity contribution in [1.82, 2.24) is 9.55 Å². The van der Waals surface area contributed by atoms with E-state index in [0.717, 1.165) is 0 Å². The number of hydrogen-bond acceptors (Lipinski definition) is 9. The molecule has 2 aliphatic rings. The van der Waals surface area contributed by atoms with Gasteiger partial charge in [-0.05, 0) is 40.4 Å². The summed E-state index contributed by atoms with van der Waals surface area (Å²) >= 11 is 0. The molecule has 13 heteroatoms. The number of amides is 1. The summed E-state index contributed by atoms with van der Waals surface area (Å²) < 4.78 is 35.0. The predicted molar refractivity (Wildman–Crippen MR) is 166 cm³/mol. The fourth-order valence-corrected chi connectivity index (χ4v) is 17.3. The molecule has 1 aromatic carbocycles. The van der Waals surface area contributed by atoms with Gasteiger partial charge in [-0.3, -0.25) is 9.36 Å². The molecule has 4 rings (SSSR count). The van der Waals surface area contributed by atoms with Crippen LogP contribution in [0, 0.1) is 0 Å². The van der Waals surface area contributed by atoms with Gasteiger partial charge in [0.2, 0.25) is 0 Å². The predicted octanol–water partition coefficient (Wildman–Crippen LogP) is 4.93. The minimum Gasteiger partial charge on any atom is -0.414 e. The van der Waals surface area contributed by atoms with Gasteiger partial charge in [0.25, 0.3) is 5.91 Å². The minimum absolute atomic E-state index is 0.0712. The Morgan fingerprint density at radius 3 is 2.21 bits per heavy atom. The summed E-state index contributed by atoms with van der Waals surface area (Å²) in [6, 6.07) is 10.2. The Labute approximate surface area is 255 Å². The normalized spacial score (nSPS) is 25.0. The van der Waals surface area contributed by atoms with E-state index in [-0.39, 0.29) is 47.1 Å². The van der Waals surface area contributed by atoms with Crippen LogP contribution in [0.25, 0.3) is 0 Å². The molecule has 1 aromatic heterocycles. The van der Waals surface area contributed by atoms with E-state index >= 15 is 0 Å². The number of aromatic nitrogens is 2. The van der Waals surface area contributed by atoms with Crippen LogP contribution in [0.15, 0.2) is 47.4 Å². The number of fused-ring (bicyclic) bond motifs is 1. The van der Waals surface area contributed by atoms with Crippen molar-refractivity contribution < 1.29 is 32.0 Å². The second kappa shape index (κ2) is 13.6. The first-order valence-electron chi connectivity index (χ1n) is 15.0. The molecule has 2 saturated heterocycles. The molecule has 2 aliphatic heterocycles. The van der Waals surface area contributed by atoms with Gasteiger partial charge in [-0.2, -0.15) is 4.98 Å². The van der Waals surface area contributed by atoms with Crippen molar-refractivity contribution in [3.05, 3.63) is 58.6 Å². The van der Waals surface area contributed by atoms with E-state index < -0.39 is 47.4 Å². The lowest BCUT2D eigenvalue weighted by atomic mass is 10.1. The summed E-state index contributed by atoms with van der Waals surface area (Å²) in [6.45, 7) is 17.0. The van der Waals surface area contributed by atoms with Crippen LogP contribution in [0.3, 0.4) is 0 Å². The highest BCUT2D eigenvalue weighted by Gasteiger charge is 2.62. The van der Waals surface area contributed by atoms with Crippen LogP contribution in [0.4, 0.5) is 5.82 Å². The zero-order valence-corrected chi connectivity index (χ0v) is 28.3. The van der Waals surface area contributed by atoms with Gasteiger partial charge in [0.15, 0.2) is 6.23 Å². The Morgan fingerprint density at radius 2 is 1.65 bits per heavy atom. The molecule has 1 amide bonds. The van der Waals surface area contributed by atoms with Crippen LogP contribution in [-0.4, -0.2) is 70.4 Å². The Hall–Kier alpha value is -2.53. The third-order valence-corrected chi connectivity index (χ3v) is 18.6. The summed E-state index contributed by atoms with van der Waals surface area (Å²) in [4.78, 5) is 41.5. The zero-order chi connectivity index (χ0) is 31.5. The summed E-state index contributed by atoms with van der Waals surface area (Å²) in [5.74, 6) is -0.279. The largest absolute Gasteiger partial charge is 0.414 e. The van der Waals surface area contributed by atoms with Crippen molar-refractivity contribution in [2.75, 3.05) is 18.5 Å². The molecule has 0 bridgehead atoms. The molecule has 0 spiro atoms. The number of anilines is 1. The maximum absolute atomic E-state index is 13.3. The van der Waals surface area contributed by atoms with Crippen molar-refractivity contribution in [2.45, 2.75) is 102 Å². The van der Waals surface area contributed by atoms with E-state index in [1.807, 2.05) is 6.07 Å². The van der Waals surface area contributed by atoms with Gasteiger partial charge in [-0.1, -0.05) is 73.6 Å². The average Bonchev–Trinajstić information content (AvgIpc) is 3.27. The Morgan fingerprint density at radius 1 is 1.02 bits per heavy atom. The van der Waals surface area contributed by atoms with Crippen LogP contribution in [0.1, 0.15) is 72.0 Å². The third kappa shape index (κ3) is 6.62. The smallest absolute Gasteiger partial charge is 0.351 e. The molecule has 236 valence electrons. The van der Waals surface area contributed by atoms with Gasteiger partial charge in [0, 0.05) is 11.8 Å². The first kappa shape index (κ1) is 33.4. The van der Waals surface area contributed by atoms with Crippen LogP contribution in [-0.2, 0) is 27.2 Å². The molecule has 2 aromatic rings. The third-order valence-electron chi connectivity index (χ3n) is 8.36. The summed E-state index contributed by atoms with van der Waals surface area (Å²) in [5, 5.41) is 2.66. The van der Waals surface area contributed by atoms with E-state index in [9.17, 15) is 14.4 Å². The number of ether oxygens (including phenoxy) is 2. The summed E-state index contributed by atoms with van der Waals surface area (Å²) in [7, 11) is -5.83. The van der Waals surface area contributed by atoms with E-state index in [2.05, 4.69) is 65.7 Å². The lowest BCUT2D eigenvalue weighted by Gasteiger charge is -2.51. The standard InChI is InChI=1S/C30H45N3O8Si2/c1-19(2)42(20(3)4)38-18-24-26(40-43(41-42,21(5)6)22(7)8)27(37-17-16-34)29(39-24)33-15-14-25(32-30(33)36)31-28(35)23-12-10-9-11-13-23/h9-16,19-22,24,26-27,29H,17-18H2,1-8H3,(H,31,32,35,36)/t24-,26-,27-,29-/m1/s1. The second-order valence-corrected chi connectivity index (χ2v) is 21.3. The molecule has 11 nitrogen and oxygen atoms in total. The fourth-order valence-electron chi connectivity index (χ4n) is 6.13. The molecule has 0 radical (unpaired) electrons. The van der Waals surface area contributed by atoms with Crippen LogP contribution < -0.4 is 11.0 Å². The van der Waals surface area contributed by atoms with Gasteiger partial charge in [0.05, 0.1) is 6.61 Å². The van der Waals surface area contributed by atoms with Crippen molar-refractivity contribution in [3.8, 4) is 0 Å². The van der Waals surface area contributed by atoms with Crippen LogP contribution in [0.2, 0.25) is 22.2 Å². The maximum Gasteiger partial charge on any atom is 0.351 e. The maximum atomic E-state index is 13.3. The van der Waals surface area contributed by atoms with Crippen molar-refractivity contribution >= 4 is 35.1 Å². The van der Waals surface area contributed by atoms with Crippen molar-refractivity contribution in [3.63, 3.8) is 0 Å². The molecule has 0 aliphatic carbocycles. The minimum atomic E-state index is -3.01. The van der Waals surface area contributed by atoms with E-state index in [1.165, 1.54) is 16.8 Å². The monoisotopic (exact) mass is 631 g/mol. The van der Waals surface area contributed by atoms with Gasteiger partial charge >= 0.3 is 22.8 Å². The van der Waals surface area contributed by atoms with Crippen LogP contribution >= 0.6 is 0 Å². The van der Waals surface area contributed by atoms with E-state index in [0.29, 0.717) is 11.8 Å². The highest BCUT2D eigenvalue weighted by atomic mass is 28.5. The Bertz CT molecular complexity index is 1300. The number of nitrogens with one attached hydrogen (secondary N) is 1. The van der Waals surface area contributed by atoms with E-state index in [1.54, 1.807) is 24.3 Å². The topological polar surface area (TPSA) is 127 Å². The summed E-state index contributed by atoms with van der Waals surface area (Å²) in [6.07, 6.45) is -0.834. The first-order chi connectivity index (χ1) is 20.4. The SMILES string of the molecule is CC(C)[Si]1(C(C)C)OC[C@H]2O[C@@H](n3ccc(NC(=O)c4ccccc4)nc3=O)[C@H](OCC=O)[C@@H]2O[Si](C(C)C)(C(C)C)O1. The highest BCUT2D eigenvalue weighted by Crippen LogP contribution is 2.48. The molecular weight excluding hydrogens is 587 g/mol. The lowest BCUT2D eigenvalue weighted by molar-refractivity contribution is -0.119. The number of aldehydes is 1. The number of nitrogens with zero attached hydrogens (tertiary/aromatic N) is 2. The lowest BCUT2D eigenvalue weighted by Crippen LogP contribution is -2.66. The summed E-state index contributed by atoms with van der Waals surface area (Å²) in [5.41, 5.74) is 0.245. The number of carbonyl (C=O) groups is 2. The molecule has 1 N–H and O–H groups in total. The quantitative estimate of drug-likeness (QED) is 0.287. The van der Waals surface area contributed by atoms with Crippen molar-refractivity contribution in [1.29, 1.82) is 0 Å².